The number of aromatic nitrogens is 1. The van der Waals surface area contributed by atoms with Crippen molar-refractivity contribution in [1.29, 1.82) is 0 Å². The topological polar surface area (TPSA) is 50.2 Å². The minimum Gasteiger partial charge on any atom is -0.481 e. The lowest BCUT2D eigenvalue weighted by molar-refractivity contribution is -0.152. The van der Waals surface area contributed by atoms with Gasteiger partial charge in [0.05, 0.1) is 11.6 Å². The summed E-state index contributed by atoms with van der Waals surface area (Å²) in [5, 5.41) is 9.52. The highest BCUT2D eigenvalue weighted by atomic mass is 19.1. The van der Waals surface area contributed by atoms with Crippen LogP contribution < -0.4 is 0 Å². The number of carboxylic acid groups (broad SMARTS) is 1. The monoisotopic (exact) mass is 251 g/mol. The van der Waals surface area contributed by atoms with Gasteiger partial charge >= 0.3 is 5.97 Å². The Labute approximate surface area is 106 Å². The van der Waals surface area contributed by atoms with Gasteiger partial charge in [-0.3, -0.25) is 9.78 Å². The van der Waals surface area contributed by atoms with Crippen LogP contribution in [0.15, 0.2) is 18.5 Å². The zero-order chi connectivity index (χ0) is 13.2. The third kappa shape index (κ3) is 2.68. The minimum absolute atomic E-state index is 0.372. The maximum Gasteiger partial charge on any atom is 0.309 e. The van der Waals surface area contributed by atoms with E-state index in [2.05, 4.69) is 11.9 Å². The molecule has 3 nitrogen and oxygen atoms in total. The van der Waals surface area contributed by atoms with Gasteiger partial charge in [0.25, 0.3) is 0 Å². The average molecular weight is 251 g/mol. The fourth-order valence-electron chi connectivity index (χ4n) is 3.03. The summed E-state index contributed by atoms with van der Waals surface area (Å²) in [4.78, 5) is 15.4. The Balaban J connectivity index is 2.23. The fraction of sp³-hybridized carbons (Fsp3) is 0.571. The standard InChI is InChI=1S/C14H18FNO2/c1-10-3-2-4-14(6-10,13(17)18)7-11-5-12(15)9-16-8-11/h5,8-10H,2-4,6-7H2,1H3,(H,17,18). The summed E-state index contributed by atoms with van der Waals surface area (Å²) < 4.78 is 13.1. The van der Waals surface area contributed by atoms with E-state index in [1.165, 1.54) is 6.07 Å². The van der Waals surface area contributed by atoms with Gasteiger partial charge in [0.15, 0.2) is 0 Å². The predicted octanol–water partition coefficient (Wildman–Crippen LogP) is 3.04. The van der Waals surface area contributed by atoms with Crippen LogP contribution in [0.1, 0.15) is 38.2 Å². The van der Waals surface area contributed by atoms with Crippen molar-refractivity contribution >= 4 is 5.97 Å². The SMILES string of the molecule is CC1CCCC(Cc2cncc(F)c2)(C(=O)O)C1. The molecule has 0 spiro atoms. The molecule has 1 heterocycles. The maximum atomic E-state index is 13.1. The van der Waals surface area contributed by atoms with Gasteiger partial charge in [-0.1, -0.05) is 19.8 Å². The summed E-state index contributed by atoms with van der Waals surface area (Å²) in [5.74, 6) is -0.758. The van der Waals surface area contributed by atoms with Crippen LogP contribution in [0, 0.1) is 17.2 Å². The molecule has 0 saturated heterocycles. The normalized spacial score (nSPS) is 28.0. The van der Waals surface area contributed by atoms with Gasteiger partial charge in [0.2, 0.25) is 0 Å². The third-order valence-electron chi connectivity index (χ3n) is 3.85. The molecule has 2 atom stereocenters. The Kier molecular flexibility index (Phi) is 3.64. The molecule has 0 aromatic carbocycles. The number of carbonyl (C=O) groups is 1. The summed E-state index contributed by atoms with van der Waals surface area (Å²) >= 11 is 0. The van der Waals surface area contributed by atoms with Crippen molar-refractivity contribution in [2.75, 3.05) is 0 Å². The molecule has 0 bridgehead atoms. The van der Waals surface area contributed by atoms with Crippen molar-refractivity contribution in [1.82, 2.24) is 4.98 Å². The lowest BCUT2D eigenvalue weighted by atomic mass is 9.67. The maximum absolute atomic E-state index is 13.1. The molecule has 0 amide bonds. The van der Waals surface area contributed by atoms with Gasteiger partial charge in [0, 0.05) is 6.20 Å². The van der Waals surface area contributed by atoms with E-state index in [-0.39, 0.29) is 0 Å². The van der Waals surface area contributed by atoms with Crippen LogP contribution in [-0.2, 0) is 11.2 Å². The molecule has 1 aromatic heterocycles. The van der Waals surface area contributed by atoms with Crippen molar-refractivity contribution in [2.24, 2.45) is 11.3 Å². The molecule has 1 saturated carbocycles. The van der Waals surface area contributed by atoms with Crippen LogP contribution in [0.2, 0.25) is 0 Å². The third-order valence-corrected chi connectivity index (χ3v) is 3.85. The molecule has 98 valence electrons. The average Bonchev–Trinajstić information content (AvgIpc) is 2.28. The first kappa shape index (κ1) is 13.0. The number of rotatable bonds is 3. The van der Waals surface area contributed by atoms with Gasteiger partial charge < -0.3 is 5.11 Å². The zero-order valence-corrected chi connectivity index (χ0v) is 10.5. The number of aliphatic carboxylic acids is 1. The minimum atomic E-state index is -0.765. The van der Waals surface area contributed by atoms with Gasteiger partial charge in [-0.25, -0.2) is 4.39 Å². The molecule has 1 fully saturated rings. The number of carboxylic acids is 1. The molecule has 4 heteroatoms. The first-order valence-electron chi connectivity index (χ1n) is 6.35. The molecule has 0 radical (unpaired) electrons. The Morgan fingerprint density at radius 2 is 2.39 bits per heavy atom. The van der Waals surface area contributed by atoms with E-state index in [9.17, 15) is 14.3 Å². The Morgan fingerprint density at radius 3 is 3.00 bits per heavy atom. The zero-order valence-electron chi connectivity index (χ0n) is 10.5. The van der Waals surface area contributed by atoms with Crippen LogP contribution in [0.3, 0.4) is 0 Å². The summed E-state index contributed by atoms with van der Waals surface area (Å²) in [6, 6.07) is 1.39. The predicted molar refractivity (Wildman–Crippen MR) is 65.6 cm³/mol. The summed E-state index contributed by atoms with van der Waals surface area (Å²) in [6.45, 7) is 2.08. The van der Waals surface area contributed by atoms with Gasteiger partial charge in [0.1, 0.15) is 5.82 Å². The Morgan fingerprint density at radius 1 is 1.61 bits per heavy atom. The van der Waals surface area contributed by atoms with Crippen molar-refractivity contribution in [3.05, 3.63) is 29.8 Å². The largest absolute Gasteiger partial charge is 0.481 e. The van der Waals surface area contributed by atoms with Crippen LogP contribution in [-0.4, -0.2) is 16.1 Å². The van der Waals surface area contributed by atoms with Crippen molar-refractivity contribution in [3.8, 4) is 0 Å². The van der Waals surface area contributed by atoms with Gasteiger partial charge in [-0.05, 0) is 36.8 Å². The van der Waals surface area contributed by atoms with E-state index in [0.717, 1.165) is 19.0 Å². The van der Waals surface area contributed by atoms with Gasteiger partial charge in [-0.2, -0.15) is 0 Å². The molecule has 1 aromatic rings. The number of nitrogens with zero attached hydrogens (tertiary/aromatic N) is 1. The number of pyridine rings is 1. The van der Waals surface area contributed by atoms with E-state index >= 15 is 0 Å². The van der Waals surface area contributed by atoms with Crippen LogP contribution in [0.4, 0.5) is 4.39 Å². The van der Waals surface area contributed by atoms with Crippen molar-refractivity contribution < 1.29 is 14.3 Å². The van der Waals surface area contributed by atoms with Crippen LogP contribution in [0.5, 0.6) is 0 Å². The first-order valence-corrected chi connectivity index (χ1v) is 6.35. The second-order valence-electron chi connectivity index (χ2n) is 5.48. The molecule has 1 N–H and O–H groups in total. The highest BCUT2D eigenvalue weighted by Crippen LogP contribution is 2.42. The summed E-state index contributed by atoms with van der Waals surface area (Å²) in [7, 11) is 0. The highest BCUT2D eigenvalue weighted by molar-refractivity contribution is 5.75. The fourth-order valence-corrected chi connectivity index (χ4v) is 3.03. The second-order valence-corrected chi connectivity index (χ2v) is 5.48. The Bertz CT molecular complexity index is 449. The van der Waals surface area contributed by atoms with E-state index in [4.69, 9.17) is 0 Å². The van der Waals surface area contributed by atoms with Crippen LogP contribution >= 0.6 is 0 Å². The molecule has 18 heavy (non-hydrogen) atoms. The van der Waals surface area contributed by atoms with E-state index in [0.29, 0.717) is 30.7 Å². The van der Waals surface area contributed by atoms with E-state index in [1.54, 1.807) is 6.20 Å². The van der Waals surface area contributed by atoms with Crippen molar-refractivity contribution in [2.45, 2.75) is 39.0 Å². The molecule has 2 rings (SSSR count). The quantitative estimate of drug-likeness (QED) is 0.898. The van der Waals surface area contributed by atoms with Crippen molar-refractivity contribution in [3.63, 3.8) is 0 Å². The highest BCUT2D eigenvalue weighted by Gasteiger charge is 2.41. The first-order chi connectivity index (χ1) is 8.52. The number of halogens is 1. The summed E-state index contributed by atoms with van der Waals surface area (Å²) in [5.41, 5.74) is -0.0702. The summed E-state index contributed by atoms with van der Waals surface area (Å²) in [6.07, 6.45) is 6.42. The smallest absolute Gasteiger partial charge is 0.309 e. The number of hydrogen-bond donors (Lipinski definition) is 1. The molecule has 1 aliphatic rings. The lowest BCUT2D eigenvalue weighted by Crippen LogP contribution is -2.38. The molecule has 2 unspecified atom stereocenters. The lowest BCUT2D eigenvalue weighted by Gasteiger charge is -2.36. The molecular weight excluding hydrogens is 233 g/mol. The van der Waals surface area contributed by atoms with Gasteiger partial charge in [-0.15, -0.1) is 0 Å². The molecule has 0 aliphatic heterocycles. The second kappa shape index (κ2) is 5.04. The Hall–Kier alpha value is -1.45. The van der Waals surface area contributed by atoms with E-state index < -0.39 is 17.2 Å². The number of hydrogen-bond acceptors (Lipinski definition) is 2. The van der Waals surface area contributed by atoms with Crippen LogP contribution in [0.25, 0.3) is 0 Å². The van der Waals surface area contributed by atoms with E-state index in [1.807, 2.05) is 0 Å². The molecular formula is C14H18FNO2. The molecule has 1 aliphatic carbocycles.